The van der Waals surface area contributed by atoms with Gasteiger partial charge in [0.1, 0.15) is 5.75 Å². The van der Waals surface area contributed by atoms with E-state index in [1.54, 1.807) is 6.07 Å². The van der Waals surface area contributed by atoms with Gasteiger partial charge in [0.2, 0.25) is 0 Å². The zero-order chi connectivity index (χ0) is 11.5. The number of aromatic hydroxyl groups is 1. The zero-order valence-corrected chi connectivity index (χ0v) is 9.21. The molecule has 3 nitrogen and oxygen atoms in total. The van der Waals surface area contributed by atoms with E-state index in [9.17, 15) is 5.11 Å². The molecule has 1 aliphatic carbocycles. The Bertz CT molecular complexity index is 341. The van der Waals surface area contributed by atoms with Gasteiger partial charge in [0.25, 0.3) is 0 Å². The van der Waals surface area contributed by atoms with Gasteiger partial charge in [-0.25, -0.2) is 0 Å². The first kappa shape index (κ1) is 11.4. The number of aliphatic hydroxyl groups is 2. The predicted octanol–water partition coefficient (Wildman–Crippen LogP) is 1.98. The Labute approximate surface area is 95.4 Å². The molecule has 16 heavy (non-hydrogen) atoms. The molecule has 0 radical (unpaired) electrons. The van der Waals surface area contributed by atoms with Crippen molar-refractivity contribution in [1.82, 2.24) is 0 Å². The summed E-state index contributed by atoms with van der Waals surface area (Å²) in [5.41, 5.74) is 0.994. The fourth-order valence-corrected chi connectivity index (χ4v) is 2.56. The maximum atomic E-state index is 9.74. The normalized spacial score (nSPS) is 25.9. The number of hydrogen-bond acceptors (Lipinski definition) is 3. The first-order valence-electron chi connectivity index (χ1n) is 5.82. The highest BCUT2D eigenvalue weighted by Crippen LogP contribution is 2.39. The van der Waals surface area contributed by atoms with E-state index in [1.807, 2.05) is 18.2 Å². The monoisotopic (exact) mass is 222 g/mol. The summed E-state index contributed by atoms with van der Waals surface area (Å²) in [6, 6.07) is 7.42. The Morgan fingerprint density at radius 3 is 2.19 bits per heavy atom. The lowest BCUT2D eigenvalue weighted by Crippen LogP contribution is -2.24. The van der Waals surface area contributed by atoms with Crippen molar-refractivity contribution >= 4 is 0 Å². The Hall–Kier alpha value is -1.06. The van der Waals surface area contributed by atoms with Crippen molar-refractivity contribution in [2.45, 2.75) is 37.9 Å². The largest absolute Gasteiger partial charge is 0.508 e. The van der Waals surface area contributed by atoms with Gasteiger partial charge in [0, 0.05) is 5.92 Å². The number of aliphatic hydroxyl groups excluding tert-OH is 1. The molecule has 0 heterocycles. The molecule has 3 heteroatoms. The maximum Gasteiger partial charge on any atom is 0.154 e. The molecule has 1 aliphatic rings. The summed E-state index contributed by atoms with van der Waals surface area (Å²) < 4.78 is 0. The van der Waals surface area contributed by atoms with Crippen molar-refractivity contribution in [2.24, 2.45) is 5.92 Å². The fourth-order valence-electron chi connectivity index (χ4n) is 2.56. The van der Waals surface area contributed by atoms with E-state index < -0.39 is 6.29 Å². The summed E-state index contributed by atoms with van der Waals surface area (Å²) in [6.45, 7) is 0. The third kappa shape index (κ3) is 2.36. The second kappa shape index (κ2) is 4.85. The molecular formula is C13H18O3. The van der Waals surface area contributed by atoms with Gasteiger partial charge in [-0.2, -0.15) is 0 Å². The average molecular weight is 222 g/mol. The van der Waals surface area contributed by atoms with Crippen molar-refractivity contribution in [3.8, 4) is 5.75 Å². The van der Waals surface area contributed by atoms with Crippen LogP contribution < -0.4 is 0 Å². The van der Waals surface area contributed by atoms with Crippen LogP contribution in [-0.4, -0.2) is 21.6 Å². The quantitative estimate of drug-likeness (QED) is 0.670. The molecule has 1 saturated carbocycles. The van der Waals surface area contributed by atoms with E-state index in [4.69, 9.17) is 10.2 Å². The SMILES string of the molecule is Oc1ccccc1C1CCC(C(O)O)CC1. The molecule has 0 aromatic heterocycles. The van der Waals surface area contributed by atoms with Gasteiger partial charge in [0.05, 0.1) is 0 Å². The van der Waals surface area contributed by atoms with E-state index in [2.05, 4.69) is 0 Å². The van der Waals surface area contributed by atoms with Gasteiger partial charge in [-0.15, -0.1) is 0 Å². The van der Waals surface area contributed by atoms with Crippen LogP contribution in [0.25, 0.3) is 0 Å². The van der Waals surface area contributed by atoms with E-state index in [0.717, 1.165) is 31.2 Å². The van der Waals surface area contributed by atoms with Crippen molar-refractivity contribution in [3.05, 3.63) is 29.8 Å². The average Bonchev–Trinajstić information content (AvgIpc) is 2.30. The number of phenolic OH excluding ortho intramolecular Hbond substituents is 1. The van der Waals surface area contributed by atoms with Gasteiger partial charge >= 0.3 is 0 Å². The van der Waals surface area contributed by atoms with Gasteiger partial charge in [-0.3, -0.25) is 0 Å². The summed E-state index contributed by atoms with van der Waals surface area (Å²) in [7, 11) is 0. The van der Waals surface area contributed by atoms with Gasteiger partial charge in [-0.05, 0) is 43.2 Å². The Morgan fingerprint density at radius 1 is 1.00 bits per heavy atom. The van der Waals surface area contributed by atoms with Crippen molar-refractivity contribution < 1.29 is 15.3 Å². The topological polar surface area (TPSA) is 60.7 Å². The molecule has 0 spiro atoms. The fraction of sp³-hybridized carbons (Fsp3) is 0.538. The van der Waals surface area contributed by atoms with Crippen LogP contribution in [0.5, 0.6) is 5.75 Å². The smallest absolute Gasteiger partial charge is 0.154 e. The Morgan fingerprint density at radius 2 is 1.62 bits per heavy atom. The zero-order valence-electron chi connectivity index (χ0n) is 9.21. The third-order valence-electron chi connectivity index (χ3n) is 3.57. The van der Waals surface area contributed by atoms with Crippen molar-refractivity contribution in [3.63, 3.8) is 0 Å². The van der Waals surface area contributed by atoms with Crippen LogP contribution >= 0.6 is 0 Å². The predicted molar refractivity (Wildman–Crippen MR) is 61.0 cm³/mol. The second-order valence-corrected chi connectivity index (χ2v) is 4.58. The number of rotatable bonds is 2. The highest BCUT2D eigenvalue weighted by molar-refractivity contribution is 5.35. The molecule has 88 valence electrons. The van der Waals surface area contributed by atoms with Crippen molar-refractivity contribution in [1.29, 1.82) is 0 Å². The molecule has 0 amide bonds. The lowest BCUT2D eigenvalue weighted by Gasteiger charge is -2.29. The summed E-state index contributed by atoms with van der Waals surface area (Å²) in [6.07, 6.45) is 2.28. The molecule has 0 unspecified atom stereocenters. The third-order valence-corrected chi connectivity index (χ3v) is 3.57. The first-order chi connectivity index (χ1) is 7.68. The van der Waals surface area contributed by atoms with Crippen LogP contribution in [0.15, 0.2) is 24.3 Å². The lowest BCUT2D eigenvalue weighted by atomic mass is 9.78. The number of benzene rings is 1. The molecule has 3 N–H and O–H groups in total. The standard InChI is InChI=1S/C13H18O3/c14-12-4-2-1-3-11(12)9-5-7-10(8-6-9)13(15)16/h1-4,9-10,13-16H,5-8H2. The molecular weight excluding hydrogens is 204 g/mol. The second-order valence-electron chi connectivity index (χ2n) is 4.58. The summed E-state index contributed by atoms with van der Waals surface area (Å²) in [5.74, 6) is 0.716. The molecule has 1 aromatic rings. The van der Waals surface area contributed by atoms with Crippen LogP contribution in [-0.2, 0) is 0 Å². The minimum Gasteiger partial charge on any atom is -0.508 e. The Balaban J connectivity index is 2.02. The molecule has 1 aromatic carbocycles. The maximum absolute atomic E-state index is 9.74. The molecule has 2 rings (SSSR count). The van der Waals surface area contributed by atoms with E-state index in [1.165, 1.54) is 0 Å². The molecule has 1 fully saturated rings. The summed E-state index contributed by atoms with van der Waals surface area (Å²) >= 11 is 0. The number of para-hydroxylation sites is 1. The molecule has 0 aliphatic heterocycles. The molecule has 0 bridgehead atoms. The van der Waals surface area contributed by atoms with Crippen LogP contribution in [0, 0.1) is 5.92 Å². The van der Waals surface area contributed by atoms with Crippen LogP contribution in [0.4, 0.5) is 0 Å². The molecule has 0 atom stereocenters. The number of phenols is 1. The summed E-state index contributed by atoms with van der Waals surface area (Å²) in [5, 5.41) is 27.9. The number of hydrogen-bond donors (Lipinski definition) is 3. The summed E-state index contributed by atoms with van der Waals surface area (Å²) in [4.78, 5) is 0. The Kier molecular flexibility index (Phi) is 3.46. The lowest BCUT2D eigenvalue weighted by molar-refractivity contribution is -0.0937. The highest BCUT2D eigenvalue weighted by Gasteiger charge is 2.27. The van der Waals surface area contributed by atoms with Crippen molar-refractivity contribution in [2.75, 3.05) is 0 Å². The minimum absolute atomic E-state index is 0.00195. The van der Waals surface area contributed by atoms with E-state index in [-0.39, 0.29) is 5.92 Å². The van der Waals surface area contributed by atoms with Gasteiger partial charge in [-0.1, -0.05) is 18.2 Å². The highest BCUT2D eigenvalue weighted by atomic mass is 16.5. The van der Waals surface area contributed by atoms with Gasteiger partial charge in [0.15, 0.2) is 6.29 Å². The van der Waals surface area contributed by atoms with Crippen LogP contribution in [0.2, 0.25) is 0 Å². The van der Waals surface area contributed by atoms with Crippen LogP contribution in [0.3, 0.4) is 0 Å². The molecule has 0 saturated heterocycles. The van der Waals surface area contributed by atoms with E-state index in [0.29, 0.717) is 11.7 Å². The van der Waals surface area contributed by atoms with Gasteiger partial charge < -0.3 is 15.3 Å². The van der Waals surface area contributed by atoms with E-state index >= 15 is 0 Å². The minimum atomic E-state index is -1.19. The first-order valence-corrected chi connectivity index (χ1v) is 5.82. The van der Waals surface area contributed by atoms with Crippen LogP contribution in [0.1, 0.15) is 37.2 Å².